The molecule has 1 saturated heterocycles. The van der Waals surface area contributed by atoms with Gasteiger partial charge in [0.2, 0.25) is 5.91 Å². The third-order valence-electron chi connectivity index (χ3n) is 1.40. The average molecular weight is 217 g/mol. The standard InChI is InChI=1S/C6H11NO.BrH.Mg/c8-6-4-2-1-3-5-7-6;;/h1-5H2,(H,7,8);1H;/q;;+3/p-1. The highest BCUT2D eigenvalue weighted by atomic mass is 79.9. The van der Waals surface area contributed by atoms with Crippen LogP contribution in [0.25, 0.3) is 0 Å². The van der Waals surface area contributed by atoms with E-state index in [1.54, 1.807) is 19.5 Å². The summed E-state index contributed by atoms with van der Waals surface area (Å²) in [6.07, 6.45) is 4.18. The van der Waals surface area contributed by atoms with E-state index in [1.165, 1.54) is 6.42 Å². The van der Waals surface area contributed by atoms with E-state index in [-0.39, 0.29) is 5.91 Å². The van der Waals surface area contributed by atoms with Crippen molar-refractivity contribution in [2.45, 2.75) is 25.7 Å². The summed E-state index contributed by atoms with van der Waals surface area (Å²) in [7, 11) is 0. The van der Waals surface area contributed by atoms with Crippen molar-refractivity contribution >= 4 is 38.3 Å². The lowest BCUT2D eigenvalue weighted by Gasteiger charge is -1.93. The Kier molecular flexibility index (Phi) is 8.38. The molecular formula is C6H11BrMgNO+2. The third kappa shape index (κ3) is 5.50. The molecule has 0 atom stereocenters. The van der Waals surface area contributed by atoms with Crippen LogP contribution in [0.5, 0.6) is 0 Å². The fourth-order valence-electron chi connectivity index (χ4n) is 0.904. The van der Waals surface area contributed by atoms with Gasteiger partial charge in [0, 0.05) is 13.0 Å². The molecule has 0 aromatic rings. The molecule has 1 heterocycles. The van der Waals surface area contributed by atoms with Crippen LogP contribution in [0.15, 0.2) is 0 Å². The summed E-state index contributed by atoms with van der Waals surface area (Å²) in [5.74, 6) is 0.225. The minimum Gasteiger partial charge on any atom is -0.356 e. The van der Waals surface area contributed by atoms with Gasteiger partial charge < -0.3 is 5.32 Å². The smallest absolute Gasteiger partial charge is 0.356 e. The minimum atomic E-state index is 0.225. The van der Waals surface area contributed by atoms with Crippen LogP contribution in [-0.4, -0.2) is 32.0 Å². The fraction of sp³-hybridized carbons (Fsp3) is 0.833. The molecule has 2 nitrogen and oxygen atoms in total. The van der Waals surface area contributed by atoms with Crippen LogP contribution in [0.3, 0.4) is 0 Å². The zero-order valence-electron chi connectivity index (χ0n) is 6.03. The van der Waals surface area contributed by atoms with Gasteiger partial charge in [0.15, 0.2) is 0 Å². The largest absolute Gasteiger partial charge is 1.52 e. The molecular weight excluding hydrogens is 206 g/mol. The van der Waals surface area contributed by atoms with E-state index in [4.69, 9.17) is 0 Å². The number of amides is 1. The molecule has 1 amide bonds. The van der Waals surface area contributed by atoms with Gasteiger partial charge in [0.25, 0.3) is 0 Å². The van der Waals surface area contributed by atoms with Crippen LogP contribution in [-0.2, 0) is 4.79 Å². The number of rotatable bonds is 0. The fourth-order valence-corrected chi connectivity index (χ4v) is 0.904. The maximum Gasteiger partial charge on any atom is 1.52 e. The van der Waals surface area contributed by atoms with Gasteiger partial charge in [-0.3, -0.25) is 4.79 Å². The van der Waals surface area contributed by atoms with E-state index >= 15 is 0 Å². The van der Waals surface area contributed by atoms with Crippen LogP contribution in [0.4, 0.5) is 0 Å². The van der Waals surface area contributed by atoms with E-state index in [9.17, 15) is 4.79 Å². The molecule has 7 radical (unpaired) electrons. The highest BCUT2D eigenvalue weighted by Crippen LogP contribution is 2.02. The number of carbonyl (C=O) groups excluding carboxylic acids is 1. The minimum absolute atomic E-state index is 0.225. The van der Waals surface area contributed by atoms with Gasteiger partial charge >= 0.3 is 32.4 Å². The summed E-state index contributed by atoms with van der Waals surface area (Å²) < 4.78 is 0. The molecule has 0 bridgehead atoms. The van der Waals surface area contributed by atoms with Crippen LogP contribution in [0.1, 0.15) is 25.7 Å². The van der Waals surface area contributed by atoms with E-state index in [0.29, 0.717) is 0 Å². The second-order valence-corrected chi connectivity index (χ2v) is 2.16. The summed E-state index contributed by atoms with van der Waals surface area (Å²) >= 11 is 4.64. The maximum atomic E-state index is 10.6. The van der Waals surface area contributed by atoms with Crippen molar-refractivity contribution in [1.82, 2.24) is 5.32 Å². The van der Waals surface area contributed by atoms with Crippen LogP contribution in [0, 0.1) is 0 Å². The van der Waals surface area contributed by atoms with Gasteiger partial charge in [-0.1, -0.05) is 6.42 Å². The topological polar surface area (TPSA) is 29.1 Å². The molecule has 1 N–H and O–H groups in total. The lowest BCUT2D eigenvalue weighted by atomic mass is 10.2. The lowest BCUT2D eigenvalue weighted by Crippen LogP contribution is -2.21. The SMILES string of the molecule is O=C1CCCCCN1.[Mg+2][Br]. The average Bonchev–Trinajstić information content (AvgIpc) is 2.21. The van der Waals surface area contributed by atoms with Crippen LogP contribution in [0.2, 0.25) is 0 Å². The molecule has 0 unspecified atom stereocenters. The van der Waals surface area contributed by atoms with Crippen LogP contribution < -0.4 is 5.32 Å². The van der Waals surface area contributed by atoms with Crippen molar-refractivity contribution in [1.29, 1.82) is 0 Å². The molecule has 0 aliphatic carbocycles. The summed E-state index contributed by atoms with van der Waals surface area (Å²) in [5, 5.41) is 2.81. The van der Waals surface area contributed by atoms with Gasteiger partial charge in [-0.15, -0.1) is 0 Å². The first-order chi connectivity index (χ1) is 4.89. The monoisotopic (exact) mass is 216 g/mol. The highest BCUT2D eigenvalue weighted by molar-refractivity contribution is 9.22. The van der Waals surface area contributed by atoms with Crippen molar-refractivity contribution in [2.24, 2.45) is 0 Å². The van der Waals surface area contributed by atoms with Gasteiger partial charge in [-0.2, -0.15) is 0 Å². The number of hydrogen-bond acceptors (Lipinski definition) is 1. The Balaban J connectivity index is 0.000000371. The Morgan fingerprint density at radius 2 is 2.00 bits per heavy atom. The molecule has 1 fully saturated rings. The summed E-state index contributed by atoms with van der Waals surface area (Å²) in [6.45, 7) is 0.888. The van der Waals surface area contributed by atoms with Crippen LogP contribution >= 0.6 is 12.9 Å². The Morgan fingerprint density at radius 1 is 1.30 bits per heavy atom. The van der Waals surface area contributed by atoms with Gasteiger partial charge in [0.05, 0.1) is 0 Å². The second kappa shape index (κ2) is 7.82. The summed E-state index contributed by atoms with van der Waals surface area (Å²) in [5.41, 5.74) is 0. The normalized spacial score (nSPS) is 18.0. The number of hydrogen-bond donors (Lipinski definition) is 1. The summed E-state index contributed by atoms with van der Waals surface area (Å²) in [4.78, 5) is 10.6. The van der Waals surface area contributed by atoms with E-state index < -0.39 is 0 Å². The molecule has 4 heteroatoms. The Hall–Kier alpha value is 0.716. The van der Waals surface area contributed by atoms with E-state index in [1.807, 2.05) is 0 Å². The quantitative estimate of drug-likeness (QED) is 0.606. The van der Waals surface area contributed by atoms with Gasteiger partial charge in [-0.25, -0.2) is 0 Å². The Labute approximate surface area is 80.4 Å². The van der Waals surface area contributed by atoms with Crippen molar-refractivity contribution in [3.8, 4) is 0 Å². The zero-order chi connectivity index (χ0) is 7.82. The highest BCUT2D eigenvalue weighted by Gasteiger charge is 2.13. The van der Waals surface area contributed by atoms with Gasteiger partial charge in [-0.05, 0) is 12.8 Å². The molecule has 10 heavy (non-hydrogen) atoms. The van der Waals surface area contributed by atoms with Gasteiger partial charge in [0.1, 0.15) is 0 Å². The third-order valence-corrected chi connectivity index (χ3v) is 1.40. The van der Waals surface area contributed by atoms with Crippen molar-refractivity contribution in [3.63, 3.8) is 0 Å². The number of halogens is 1. The Morgan fingerprint density at radius 3 is 2.70 bits per heavy atom. The summed E-state index contributed by atoms with van der Waals surface area (Å²) in [6, 6.07) is 0. The first-order valence-electron chi connectivity index (χ1n) is 3.43. The molecule has 0 aromatic heterocycles. The molecule has 1 rings (SSSR count). The van der Waals surface area contributed by atoms with E-state index in [2.05, 4.69) is 18.2 Å². The first-order valence-corrected chi connectivity index (χ1v) is 7.33. The predicted octanol–water partition coefficient (Wildman–Crippen LogP) is 1.14. The number of carbonyl (C=O) groups is 1. The first kappa shape index (κ1) is 10.7. The lowest BCUT2D eigenvalue weighted by molar-refractivity contribution is -0.120. The zero-order valence-corrected chi connectivity index (χ0v) is 9.03. The molecule has 0 spiro atoms. The molecule has 0 saturated carbocycles. The predicted molar refractivity (Wildman–Crippen MR) is 46.2 cm³/mol. The molecule has 1 aliphatic rings. The molecule has 53 valence electrons. The van der Waals surface area contributed by atoms with Crippen molar-refractivity contribution < 1.29 is 4.79 Å². The van der Waals surface area contributed by atoms with E-state index in [0.717, 1.165) is 25.8 Å². The molecule has 1 aliphatic heterocycles. The van der Waals surface area contributed by atoms with Crippen molar-refractivity contribution in [2.75, 3.05) is 6.54 Å². The Bertz CT molecular complexity index is 89.7. The molecule has 0 aromatic carbocycles. The number of nitrogens with one attached hydrogen (secondary N) is 1. The second-order valence-electron chi connectivity index (χ2n) is 2.16. The van der Waals surface area contributed by atoms with Crippen molar-refractivity contribution in [3.05, 3.63) is 0 Å². The maximum absolute atomic E-state index is 10.6.